The highest BCUT2D eigenvalue weighted by Gasteiger charge is 2.71. The van der Waals surface area contributed by atoms with Crippen LogP contribution in [-0.4, -0.2) is 66.0 Å². The Morgan fingerprint density at radius 1 is 1.06 bits per heavy atom. The Morgan fingerprint density at radius 3 is 2.32 bits per heavy atom. The van der Waals surface area contributed by atoms with Gasteiger partial charge < -0.3 is 15.5 Å². The van der Waals surface area contributed by atoms with Gasteiger partial charge in [0.05, 0.1) is 6.04 Å². The molecule has 3 fully saturated rings. The first-order valence-electron chi connectivity index (χ1n) is 11.8. The monoisotopic (exact) mass is 483 g/mol. The second kappa shape index (κ2) is 7.16. The Balaban J connectivity index is 1.73. The molecular formula is C25H33N5O3S. The van der Waals surface area contributed by atoms with Crippen LogP contribution in [0.15, 0.2) is 18.2 Å². The Bertz CT molecular complexity index is 1110. The summed E-state index contributed by atoms with van der Waals surface area (Å²) >= 11 is 5.28. The molecule has 8 nitrogen and oxygen atoms in total. The lowest BCUT2D eigenvalue weighted by atomic mass is 9.56. The highest BCUT2D eigenvalue weighted by Crippen LogP contribution is 2.64. The van der Waals surface area contributed by atoms with Gasteiger partial charge >= 0.3 is 6.03 Å². The van der Waals surface area contributed by atoms with Crippen molar-refractivity contribution < 1.29 is 14.4 Å². The predicted octanol–water partition coefficient (Wildman–Crippen LogP) is 2.97. The molecule has 2 bridgehead atoms. The van der Waals surface area contributed by atoms with E-state index in [1.807, 2.05) is 12.1 Å². The van der Waals surface area contributed by atoms with Crippen molar-refractivity contribution in [3.8, 4) is 0 Å². The van der Waals surface area contributed by atoms with Gasteiger partial charge in [-0.1, -0.05) is 20.8 Å². The summed E-state index contributed by atoms with van der Waals surface area (Å²) in [7, 11) is 4.74. The van der Waals surface area contributed by atoms with E-state index in [0.717, 1.165) is 46.0 Å². The standard InChI is InChI=1S/C25H33N5O3S/c1-23(2)11-16-12-24(3,13-23)18-25(19(31)28(5)22(33)29(6)20(25)32)10-14-9-15(27-21(34)26-4)7-8-17(14)30(16)18/h7-9,16,18H,10-13H2,1-6H3,(H2,26,27,34)/t16-,18+,24+/m1/s1. The van der Waals surface area contributed by atoms with Crippen molar-refractivity contribution in [2.75, 3.05) is 31.4 Å². The number of carbonyl (C=O) groups is 3. The van der Waals surface area contributed by atoms with Crippen LogP contribution in [0.1, 0.15) is 45.6 Å². The van der Waals surface area contributed by atoms with Crippen LogP contribution in [0.5, 0.6) is 0 Å². The number of amides is 4. The van der Waals surface area contributed by atoms with E-state index in [4.69, 9.17) is 12.2 Å². The first-order chi connectivity index (χ1) is 15.8. The number of fused-ring (bicyclic) bond motifs is 8. The minimum absolute atomic E-state index is 0.0885. The molecule has 0 aromatic heterocycles. The Labute approximate surface area is 206 Å². The van der Waals surface area contributed by atoms with E-state index >= 15 is 0 Å². The normalized spacial score (nSPS) is 30.9. The predicted molar refractivity (Wildman–Crippen MR) is 135 cm³/mol. The summed E-state index contributed by atoms with van der Waals surface area (Å²) in [5, 5.41) is 6.57. The molecule has 9 heteroatoms. The number of hydrogen-bond acceptors (Lipinski definition) is 5. The fraction of sp³-hybridized carbons (Fsp3) is 0.600. The van der Waals surface area contributed by atoms with Gasteiger partial charge in [-0.3, -0.25) is 19.4 Å². The number of imide groups is 2. The summed E-state index contributed by atoms with van der Waals surface area (Å²) in [5.74, 6) is -0.783. The summed E-state index contributed by atoms with van der Waals surface area (Å²) < 4.78 is 0. The van der Waals surface area contributed by atoms with Gasteiger partial charge in [-0.05, 0) is 72.5 Å². The molecule has 1 saturated carbocycles. The number of carbonyl (C=O) groups excluding carboxylic acids is 3. The van der Waals surface area contributed by atoms with E-state index in [2.05, 4.69) is 42.4 Å². The average Bonchev–Trinajstić information content (AvgIpc) is 3.00. The minimum atomic E-state index is -1.35. The van der Waals surface area contributed by atoms with Gasteiger partial charge in [0.25, 0.3) is 0 Å². The highest BCUT2D eigenvalue weighted by atomic mass is 32.1. The first kappa shape index (κ1) is 23.1. The van der Waals surface area contributed by atoms with E-state index in [-0.39, 0.29) is 29.3 Å². The largest absolute Gasteiger partial charge is 0.366 e. The zero-order chi connectivity index (χ0) is 24.8. The number of benzene rings is 1. The van der Waals surface area contributed by atoms with Crippen molar-refractivity contribution in [2.45, 2.75) is 58.5 Å². The number of urea groups is 1. The van der Waals surface area contributed by atoms with E-state index in [0.29, 0.717) is 5.11 Å². The molecule has 4 amide bonds. The number of hydrogen-bond donors (Lipinski definition) is 2. The third kappa shape index (κ3) is 2.95. The number of nitrogens with one attached hydrogen (secondary N) is 2. The molecule has 3 aliphatic heterocycles. The van der Waals surface area contributed by atoms with Crippen LogP contribution in [0, 0.1) is 16.2 Å². The van der Waals surface area contributed by atoms with Gasteiger partial charge in [-0.15, -0.1) is 0 Å². The molecule has 3 atom stereocenters. The average molecular weight is 484 g/mol. The maximum atomic E-state index is 14.0. The van der Waals surface area contributed by atoms with Crippen LogP contribution < -0.4 is 15.5 Å². The van der Waals surface area contributed by atoms with Crippen molar-refractivity contribution >= 4 is 46.6 Å². The number of thiocarbonyl (C=S) groups is 1. The van der Waals surface area contributed by atoms with Crippen LogP contribution >= 0.6 is 12.2 Å². The maximum Gasteiger partial charge on any atom is 0.332 e. The summed E-state index contributed by atoms with van der Waals surface area (Å²) in [6.07, 6.45) is 3.10. The molecule has 1 aromatic carbocycles. The molecule has 0 unspecified atom stereocenters. The Hall–Kier alpha value is -2.68. The second-order valence-electron chi connectivity index (χ2n) is 11.6. The van der Waals surface area contributed by atoms with Crippen molar-refractivity contribution in [1.82, 2.24) is 15.1 Å². The molecule has 4 aliphatic rings. The van der Waals surface area contributed by atoms with E-state index in [1.54, 1.807) is 7.05 Å². The summed E-state index contributed by atoms with van der Waals surface area (Å²) in [6, 6.07) is 5.42. The smallest absolute Gasteiger partial charge is 0.332 e. The van der Waals surface area contributed by atoms with E-state index in [1.165, 1.54) is 14.1 Å². The van der Waals surface area contributed by atoms with E-state index < -0.39 is 23.3 Å². The van der Waals surface area contributed by atoms with Crippen LogP contribution in [0.2, 0.25) is 0 Å². The van der Waals surface area contributed by atoms with Crippen LogP contribution in [0.25, 0.3) is 0 Å². The topological polar surface area (TPSA) is 85.0 Å². The van der Waals surface area contributed by atoms with Gasteiger partial charge in [0.15, 0.2) is 10.5 Å². The van der Waals surface area contributed by atoms with E-state index in [9.17, 15) is 14.4 Å². The fourth-order valence-corrected chi connectivity index (χ4v) is 7.84. The zero-order valence-electron chi connectivity index (χ0n) is 20.7. The summed E-state index contributed by atoms with van der Waals surface area (Å²) in [6.45, 7) is 6.79. The van der Waals surface area contributed by atoms with Gasteiger partial charge in [0, 0.05) is 38.6 Å². The molecule has 34 heavy (non-hydrogen) atoms. The van der Waals surface area contributed by atoms with Crippen LogP contribution in [0.4, 0.5) is 16.2 Å². The number of nitrogens with zero attached hydrogens (tertiary/aromatic N) is 3. The van der Waals surface area contributed by atoms with Crippen LogP contribution in [0.3, 0.4) is 0 Å². The van der Waals surface area contributed by atoms with Crippen LogP contribution in [-0.2, 0) is 16.0 Å². The third-order valence-electron chi connectivity index (χ3n) is 8.43. The zero-order valence-corrected chi connectivity index (χ0v) is 21.5. The molecule has 5 rings (SSSR count). The van der Waals surface area contributed by atoms with Crippen molar-refractivity contribution in [3.63, 3.8) is 0 Å². The molecular weight excluding hydrogens is 450 g/mol. The van der Waals surface area contributed by atoms with Gasteiger partial charge in [-0.2, -0.15) is 0 Å². The lowest BCUT2D eigenvalue weighted by Crippen LogP contribution is -2.72. The third-order valence-corrected chi connectivity index (χ3v) is 8.74. The lowest BCUT2D eigenvalue weighted by molar-refractivity contribution is -0.161. The number of rotatable bonds is 1. The molecule has 2 N–H and O–H groups in total. The molecule has 0 radical (unpaired) electrons. The van der Waals surface area contributed by atoms with Gasteiger partial charge in [0.1, 0.15) is 0 Å². The fourth-order valence-electron chi connectivity index (χ4n) is 7.73. The molecule has 1 aliphatic carbocycles. The SMILES string of the molecule is CNC(=S)Nc1ccc2c(c1)CC1(C(=O)N(C)C(=O)N(C)C1=O)[C@H]1N2[C@@H]2CC(C)(C)C[C@]1(C)C2. The number of anilines is 2. The lowest BCUT2D eigenvalue weighted by Gasteiger charge is -2.54. The molecule has 1 aromatic rings. The molecule has 2 saturated heterocycles. The highest BCUT2D eigenvalue weighted by molar-refractivity contribution is 7.80. The second-order valence-corrected chi connectivity index (χ2v) is 12.0. The Kier molecular flexibility index (Phi) is 4.86. The Morgan fingerprint density at radius 2 is 1.71 bits per heavy atom. The minimum Gasteiger partial charge on any atom is -0.366 e. The molecule has 182 valence electrons. The maximum absolute atomic E-state index is 14.0. The van der Waals surface area contributed by atoms with Gasteiger partial charge in [-0.25, -0.2) is 4.79 Å². The van der Waals surface area contributed by atoms with Crippen molar-refractivity contribution in [3.05, 3.63) is 23.8 Å². The molecule has 1 spiro atoms. The summed E-state index contributed by atoms with van der Waals surface area (Å²) in [5.41, 5.74) is 1.30. The van der Waals surface area contributed by atoms with Crippen molar-refractivity contribution in [2.24, 2.45) is 16.2 Å². The molecule has 3 heterocycles. The quantitative estimate of drug-likeness (QED) is 0.469. The first-order valence-corrected chi connectivity index (χ1v) is 12.3. The summed E-state index contributed by atoms with van der Waals surface area (Å²) in [4.78, 5) is 45.3. The number of barbiturate groups is 1. The van der Waals surface area contributed by atoms with Crippen molar-refractivity contribution in [1.29, 1.82) is 0 Å². The van der Waals surface area contributed by atoms with Gasteiger partial charge in [0.2, 0.25) is 11.8 Å².